The second-order valence-electron chi connectivity index (χ2n) is 9.07. The van der Waals surface area contributed by atoms with Crippen LogP contribution in [-0.2, 0) is 16.0 Å². The molecule has 1 saturated carbocycles. The summed E-state index contributed by atoms with van der Waals surface area (Å²) in [6.07, 6.45) is 3.29. The number of benzene rings is 2. The molecule has 1 aliphatic carbocycles. The molecule has 5 rings (SSSR count). The average Bonchev–Trinajstić information content (AvgIpc) is 3.52. The summed E-state index contributed by atoms with van der Waals surface area (Å²) in [5.41, 5.74) is 3.11. The normalized spacial score (nSPS) is 20.7. The first-order valence-corrected chi connectivity index (χ1v) is 13.4. The predicted octanol–water partition coefficient (Wildman–Crippen LogP) is 6.35. The van der Waals surface area contributed by atoms with Crippen molar-refractivity contribution in [2.75, 3.05) is 19.6 Å². The summed E-state index contributed by atoms with van der Waals surface area (Å²) >= 11 is 14.4. The van der Waals surface area contributed by atoms with Gasteiger partial charge in [0.2, 0.25) is 11.8 Å². The maximum Gasteiger partial charge on any atom is 0.243 e. The molecule has 3 atom stereocenters. The van der Waals surface area contributed by atoms with E-state index >= 15 is 0 Å². The lowest BCUT2D eigenvalue weighted by atomic mass is 9.93. The number of rotatable bonds is 7. The van der Waals surface area contributed by atoms with Gasteiger partial charge in [0.25, 0.3) is 0 Å². The molecule has 1 aromatic heterocycles. The lowest BCUT2D eigenvalue weighted by molar-refractivity contribution is -0.142. The minimum Gasteiger partial charge on any atom is -0.330 e. The third-order valence-corrected chi connectivity index (χ3v) is 8.42. The third kappa shape index (κ3) is 4.90. The fraction of sp³-hybridized carbons (Fsp3) is 0.286. The Labute approximate surface area is 219 Å². The van der Waals surface area contributed by atoms with Crippen LogP contribution in [0.5, 0.6) is 0 Å². The predicted molar refractivity (Wildman–Crippen MR) is 142 cm³/mol. The number of halogens is 2. The van der Waals surface area contributed by atoms with E-state index in [1.807, 2.05) is 29.2 Å². The van der Waals surface area contributed by atoms with Gasteiger partial charge in [0.05, 0.1) is 6.04 Å². The van der Waals surface area contributed by atoms with Crippen molar-refractivity contribution in [3.05, 3.63) is 104 Å². The minimum absolute atomic E-state index is 0.0152. The Hall–Kier alpha value is -2.60. The van der Waals surface area contributed by atoms with Gasteiger partial charge in [-0.2, -0.15) is 0 Å². The first-order chi connectivity index (χ1) is 17.0. The van der Waals surface area contributed by atoms with E-state index in [0.717, 1.165) is 24.0 Å². The van der Waals surface area contributed by atoms with Crippen molar-refractivity contribution in [1.29, 1.82) is 0 Å². The highest BCUT2D eigenvalue weighted by molar-refractivity contribution is 7.10. The average molecular weight is 526 g/mol. The molecule has 0 bridgehead atoms. The fourth-order valence-corrected chi connectivity index (χ4v) is 6.47. The Morgan fingerprint density at radius 2 is 1.91 bits per heavy atom. The summed E-state index contributed by atoms with van der Waals surface area (Å²) in [6.45, 7) is 4.75. The lowest BCUT2D eigenvalue weighted by Crippen LogP contribution is -2.47. The number of carbonyl (C=O) groups is 2. The molecule has 2 aliphatic rings. The van der Waals surface area contributed by atoms with Crippen LogP contribution in [0.1, 0.15) is 39.9 Å². The molecule has 2 amide bonds. The summed E-state index contributed by atoms with van der Waals surface area (Å²) in [5.74, 6) is 0.0537. The largest absolute Gasteiger partial charge is 0.330 e. The van der Waals surface area contributed by atoms with Crippen molar-refractivity contribution in [1.82, 2.24) is 9.80 Å². The molecule has 2 aromatic carbocycles. The molecule has 3 unspecified atom stereocenters. The van der Waals surface area contributed by atoms with E-state index < -0.39 is 0 Å². The van der Waals surface area contributed by atoms with E-state index in [1.54, 1.807) is 34.4 Å². The first kappa shape index (κ1) is 24.1. The lowest BCUT2D eigenvalue weighted by Gasteiger charge is -2.38. The van der Waals surface area contributed by atoms with E-state index in [-0.39, 0.29) is 36.2 Å². The summed E-state index contributed by atoms with van der Waals surface area (Å²) in [6, 6.07) is 17.3. The van der Waals surface area contributed by atoms with Crippen molar-refractivity contribution >= 4 is 46.4 Å². The number of amides is 2. The van der Waals surface area contributed by atoms with Crippen molar-refractivity contribution in [3.63, 3.8) is 0 Å². The van der Waals surface area contributed by atoms with Crippen molar-refractivity contribution in [3.8, 4) is 0 Å². The number of hydrogen-bond acceptors (Lipinski definition) is 3. The Bertz CT molecular complexity index is 1260. The molecule has 35 heavy (non-hydrogen) atoms. The standard InChI is InChI=1S/C28H26Cl2N2O2S/c1-2-12-31(28(34)23-16-22(23)18-6-4-3-5-7-18)17-26(33)32-13-10-25-21(11-14-35-25)27(32)20-9-8-19(29)15-24(20)30/h2-9,11,14-15,22-23,27H,1,10,12-13,16-17H2. The Morgan fingerprint density at radius 1 is 1.11 bits per heavy atom. The van der Waals surface area contributed by atoms with Gasteiger partial charge in [-0.15, -0.1) is 17.9 Å². The van der Waals surface area contributed by atoms with Gasteiger partial charge in [0.15, 0.2) is 0 Å². The first-order valence-electron chi connectivity index (χ1n) is 11.7. The van der Waals surface area contributed by atoms with Gasteiger partial charge >= 0.3 is 0 Å². The molecule has 4 nitrogen and oxygen atoms in total. The third-order valence-electron chi connectivity index (χ3n) is 6.87. The van der Waals surface area contributed by atoms with E-state index in [9.17, 15) is 9.59 Å². The number of hydrogen-bond donors (Lipinski definition) is 0. The fourth-order valence-electron chi connectivity index (χ4n) is 5.06. The molecule has 3 aromatic rings. The highest BCUT2D eigenvalue weighted by Gasteiger charge is 2.46. The van der Waals surface area contributed by atoms with Crippen LogP contribution in [0.3, 0.4) is 0 Å². The number of nitrogens with zero attached hydrogens (tertiary/aromatic N) is 2. The molecule has 7 heteroatoms. The molecule has 180 valence electrons. The number of carbonyl (C=O) groups excluding carboxylic acids is 2. The second kappa shape index (κ2) is 10.2. The van der Waals surface area contributed by atoms with Gasteiger partial charge in [0.1, 0.15) is 6.54 Å². The molecule has 2 heterocycles. The zero-order valence-electron chi connectivity index (χ0n) is 19.2. The number of fused-ring (bicyclic) bond motifs is 1. The zero-order chi connectivity index (χ0) is 24.5. The van der Waals surface area contributed by atoms with Crippen molar-refractivity contribution in [2.45, 2.75) is 24.8 Å². The summed E-state index contributed by atoms with van der Waals surface area (Å²) in [7, 11) is 0. The van der Waals surface area contributed by atoms with Gasteiger partial charge < -0.3 is 9.80 Å². The SMILES string of the molecule is C=CCN(CC(=O)N1CCc2sccc2C1c1ccc(Cl)cc1Cl)C(=O)C1CC1c1ccccc1. The Kier molecular flexibility index (Phi) is 7.01. The van der Waals surface area contributed by atoms with Gasteiger partial charge in [-0.3, -0.25) is 9.59 Å². The Morgan fingerprint density at radius 3 is 2.66 bits per heavy atom. The molecule has 0 N–H and O–H groups in total. The van der Waals surface area contributed by atoms with Crippen LogP contribution in [0.15, 0.2) is 72.6 Å². The quantitative estimate of drug-likeness (QED) is 0.338. The highest BCUT2D eigenvalue weighted by Crippen LogP contribution is 2.48. The topological polar surface area (TPSA) is 40.6 Å². The van der Waals surface area contributed by atoms with E-state index in [0.29, 0.717) is 23.1 Å². The van der Waals surface area contributed by atoms with Crippen LogP contribution in [0.4, 0.5) is 0 Å². The van der Waals surface area contributed by atoms with Crippen LogP contribution in [0.2, 0.25) is 10.0 Å². The number of thiophene rings is 1. The highest BCUT2D eigenvalue weighted by atomic mass is 35.5. The molecule has 0 radical (unpaired) electrons. The molecular formula is C28H26Cl2N2O2S. The van der Waals surface area contributed by atoms with Gasteiger partial charge in [-0.1, -0.05) is 65.7 Å². The van der Waals surface area contributed by atoms with Crippen LogP contribution >= 0.6 is 34.5 Å². The van der Waals surface area contributed by atoms with E-state index in [4.69, 9.17) is 23.2 Å². The van der Waals surface area contributed by atoms with Crippen LogP contribution in [0, 0.1) is 5.92 Å². The van der Waals surface area contributed by atoms with E-state index in [2.05, 4.69) is 30.2 Å². The van der Waals surface area contributed by atoms with E-state index in [1.165, 1.54) is 10.4 Å². The molecule has 1 fully saturated rings. The van der Waals surface area contributed by atoms with Crippen LogP contribution < -0.4 is 0 Å². The van der Waals surface area contributed by atoms with Crippen molar-refractivity contribution < 1.29 is 9.59 Å². The van der Waals surface area contributed by atoms with Gasteiger partial charge in [-0.05, 0) is 59.0 Å². The molecule has 0 spiro atoms. The summed E-state index contributed by atoms with van der Waals surface area (Å²) in [4.78, 5) is 31.8. The molecular weight excluding hydrogens is 499 g/mol. The van der Waals surface area contributed by atoms with Gasteiger partial charge in [0, 0.05) is 33.9 Å². The van der Waals surface area contributed by atoms with Crippen molar-refractivity contribution in [2.24, 2.45) is 5.92 Å². The summed E-state index contributed by atoms with van der Waals surface area (Å²) in [5, 5.41) is 3.14. The van der Waals surface area contributed by atoms with Gasteiger partial charge in [-0.25, -0.2) is 0 Å². The smallest absolute Gasteiger partial charge is 0.243 e. The van der Waals surface area contributed by atoms with Crippen LogP contribution in [-0.4, -0.2) is 41.2 Å². The maximum absolute atomic E-state index is 13.7. The molecule has 1 aliphatic heterocycles. The summed E-state index contributed by atoms with van der Waals surface area (Å²) < 4.78 is 0. The van der Waals surface area contributed by atoms with Crippen LogP contribution in [0.25, 0.3) is 0 Å². The zero-order valence-corrected chi connectivity index (χ0v) is 21.5. The molecule has 0 saturated heterocycles. The Balaban J connectivity index is 1.37. The second-order valence-corrected chi connectivity index (χ2v) is 10.9. The minimum atomic E-state index is -0.305. The monoisotopic (exact) mass is 524 g/mol. The maximum atomic E-state index is 13.7.